The Morgan fingerprint density at radius 2 is 1.62 bits per heavy atom. The molecule has 0 saturated heterocycles. The Balaban J connectivity index is 2.05. The van der Waals surface area contributed by atoms with Gasteiger partial charge < -0.3 is 0 Å². The molecule has 1 saturated carbocycles. The lowest BCUT2D eigenvalue weighted by atomic mass is 9.79. The molecule has 2 rings (SSSR count). The zero-order valence-electron chi connectivity index (χ0n) is 10.2. The summed E-state index contributed by atoms with van der Waals surface area (Å²) in [5.41, 5.74) is 2.11. The molecule has 0 aliphatic heterocycles. The molecule has 1 nitrogen and oxygen atoms in total. The zero-order chi connectivity index (χ0) is 11.5. The van der Waals surface area contributed by atoms with Crippen LogP contribution in [0, 0.1) is 18.8 Å². The summed E-state index contributed by atoms with van der Waals surface area (Å²) in [6.07, 6.45) is 4.58. The van der Waals surface area contributed by atoms with Gasteiger partial charge in [-0.2, -0.15) is 0 Å². The summed E-state index contributed by atoms with van der Waals surface area (Å²) < 4.78 is 0. The zero-order valence-corrected chi connectivity index (χ0v) is 10.2. The Kier molecular flexibility index (Phi) is 3.42. The van der Waals surface area contributed by atoms with Crippen molar-refractivity contribution < 1.29 is 4.79 Å². The highest BCUT2D eigenvalue weighted by Gasteiger charge is 2.24. The van der Waals surface area contributed by atoms with Gasteiger partial charge in [-0.1, -0.05) is 49.6 Å². The first-order valence-electron chi connectivity index (χ1n) is 6.27. The lowest BCUT2D eigenvalue weighted by molar-refractivity contribution is 0.0875. The van der Waals surface area contributed by atoms with Crippen LogP contribution in [0.5, 0.6) is 0 Å². The van der Waals surface area contributed by atoms with Crippen LogP contribution in [-0.2, 0) is 0 Å². The first-order valence-corrected chi connectivity index (χ1v) is 6.27. The lowest BCUT2D eigenvalue weighted by Crippen LogP contribution is -2.20. The van der Waals surface area contributed by atoms with Crippen LogP contribution in [0.3, 0.4) is 0 Å². The minimum atomic E-state index is 0.277. The highest BCUT2D eigenvalue weighted by atomic mass is 16.1. The Labute approximate surface area is 97.9 Å². The molecule has 0 unspecified atom stereocenters. The number of hydrogen-bond donors (Lipinski definition) is 0. The van der Waals surface area contributed by atoms with E-state index in [1.54, 1.807) is 0 Å². The van der Waals surface area contributed by atoms with E-state index in [2.05, 4.69) is 13.8 Å². The second-order valence-corrected chi connectivity index (χ2v) is 5.19. The van der Waals surface area contributed by atoms with Crippen LogP contribution < -0.4 is 0 Å². The highest BCUT2D eigenvalue weighted by molar-refractivity contribution is 5.97. The molecule has 0 N–H and O–H groups in total. The normalized spacial score (nSPS) is 25.4. The molecular weight excluding hydrogens is 196 g/mol. The van der Waals surface area contributed by atoms with Gasteiger partial charge in [0.2, 0.25) is 0 Å². The fourth-order valence-corrected chi connectivity index (χ4v) is 2.48. The Bertz CT molecular complexity index is 356. The topological polar surface area (TPSA) is 17.1 Å². The van der Waals surface area contributed by atoms with Crippen LogP contribution in [0.15, 0.2) is 24.3 Å². The standard InChI is InChI=1S/C15H20O/c1-11-3-7-13(8-4-11)15(16)14-9-5-12(2)6-10-14/h3-4,7-8,12,14H,5-6,9-10H2,1-2H3. The van der Waals surface area contributed by atoms with E-state index in [9.17, 15) is 4.79 Å². The summed E-state index contributed by atoms with van der Waals surface area (Å²) in [7, 11) is 0. The van der Waals surface area contributed by atoms with Gasteiger partial charge in [-0.15, -0.1) is 0 Å². The van der Waals surface area contributed by atoms with Crippen molar-refractivity contribution in [1.82, 2.24) is 0 Å². The SMILES string of the molecule is Cc1ccc(C(=O)C2CCC(C)CC2)cc1. The van der Waals surface area contributed by atoms with E-state index < -0.39 is 0 Å². The molecule has 0 atom stereocenters. The fourth-order valence-electron chi connectivity index (χ4n) is 2.48. The molecule has 1 fully saturated rings. The molecule has 0 amide bonds. The quantitative estimate of drug-likeness (QED) is 0.683. The molecule has 16 heavy (non-hydrogen) atoms. The largest absolute Gasteiger partial charge is 0.294 e. The summed E-state index contributed by atoms with van der Waals surface area (Å²) >= 11 is 0. The lowest BCUT2D eigenvalue weighted by Gasteiger charge is -2.25. The minimum absolute atomic E-state index is 0.277. The van der Waals surface area contributed by atoms with Crippen LogP contribution >= 0.6 is 0 Å². The Morgan fingerprint density at radius 1 is 1.06 bits per heavy atom. The molecule has 1 aliphatic rings. The van der Waals surface area contributed by atoms with E-state index in [0.29, 0.717) is 5.78 Å². The molecule has 1 aliphatic carbocycles. The van der Waals surface area contributed by atoms with E-state index in [1.807, 2.05) is 24.3 Å². The van der Waals surface area contributed by atoms with Crippen molar-refractivity contribution in [2.75, 3.05) is 0 Å². The molecule has 1 aromatic carbocycles. The molecule has 1 heteroatoms. The van der Waals surface area contributed by atoms with Crippen LogP contribution in [0.25, 0.3) is 0 Å². The van der Waals surface area contributed by atoms with Crippen LogP contribution in [0.1, 0.15) is 48.5 Å². The first kappa shape index (κ1) is 11.4. The third-order valence-electron chi connectivity index (χ3n) is 3.72. The van der Waals surface area contributed by atoms with Crippen molar-refractivity contribution in [2.45, 2.75) is 39.5 Å². The van der Waals surface area contributed by atoms with Gasteiger partial charge >= 0.3 is 0 Å². The van der Waals surface area contributed by atoms with E-state index in [4.69, 9.17) is 0 Å². The van der Waals surface area contributed by atoms with Crippen molar-refractivity contribution in [3.8, 4) is 0 Å². The average molecular weight is 216 g/mol. The van der Waals surface area contributed by atoms with Crippen molar-refractivity contribution in [2.24, 2.45) is 11.8 Å². The summed E-state index contributed by atoms with van der Waals surface area (Å²) in [5, 5.41) is 0. The molecule has 0 spiro atoms. The van der Waals surface area contributed by atoms with Gasteiger partial charge in [0.25, 0.3) is 0 Å². The predicted octanol–water partition coefficient (Wildman–Crippen LogP) is 4.00. The summed E-state index contributed by atoms with van der Waals surface area (Å²) in [4.78, 5) is 12.2. The Hall–Kier alpha value is -1.11. The summed E-state index contributed by atoms with van der Waals surface area (Å²) in [5.74, 6) is 1.44. The maximum atomic E-state index is 12.2. The van der Waals surface area contributed by atoms with Crippen molar-refractivity contribution in [3.63, 3.8) is 0 Å². The molecule has 1 aromatic rings. The van der Waals surface area contributed by atoms with Crippen molar-refractivity contribution in [1.29, 1.82) is 0 Å². The van der Waals surface area contributed by atoms with E-state index in [-0.39, 0.29) is 5.92 Å². The van der Waals surface area contributed by atoms with Crippen LogP contribution in [-0.4, -0.2) is 5.78 Å². The van der Waals surface area contributed by atoms with Crippen molar-refractivity contribution >= 4 is 5.78 Å². The van der Waals surface area contributed by atoms with Gasteiger partial charge in [-0.25, -0.2) is 0 Å². The first-order chi connectivity index (χ1) is 7.66. The predicted molar refractivity (Wildman–Crippen MR) is 66.6 cm³/mol. The monoisotopic (exact) mass is 216 g/mol. The number of carbonyl (C=O) groups is 1. The third-order valence-corrected chi connectivity index (χ3v) is 3.72. The Morgan fingerprint density at radius 3 is 2.19 bits per heavy atom. The summed E-state index contributed by atoms with van der Waals surface area (Å²) in [6.45, 7) is 4.34. The van der Waals surface area contributed by atoms with Gasteiger partial charge in [-0.3, -0.25) is 4.79 Å². The number of carbonyl (C=O) groups excluding carboxylic acids is 1. The number of aryl methyl sites for hydroxylation is 1. The molecular formula is C15H20O. The molecule has 0 bridgehead atoms. The minimum Gasteiger partial charge on any atom is -0.294 e. The van der Waals surface area contributed by atoms with Gasteiger partial charge in [0.1, 0.15) is 0 Å². The summed E-state index contributed by atoms with van der Waals surface area (Å²) in [6, 6.07) is 7.99. The number of Topliss-reactive ketones (excluding diaryl/α,β-unsaturated/α-hetero) is 1. The maximum Gasteiger partial charge on any atom is 0.165 e. The number of hydrogen-bond acceptors (Lipinski definition) is 1. The smallest absolute Gasteiger partial charge is 0.165 e. The maximum absolute atomic E-state index is 12.2. The average Bonchev–Trinajstić information content (AvgIpc) is 2.30. The van der Waals surface area contributed by atoms with Crippen LogP contribution in [0.2, 0.25) is 0 Å². The molecule has 86 valence electrons. The van der Waals surface area contributed by atoms with Crippen LogP contribution in [0.4, 0.5) is 0 Å². The number of rotatable bonds is 2. The second kappa shape index (κ2) is 4.82. The van der Waals surface area contributed by atoms with Crippen molar-refractivity contribution in [3.05, 3.63) is 35.4 Å². The van der Waals surface area contributed by atoms with E-state index >= 15 is 0 Å². The second-order valence-electron chi connectivity index (χ2n) is 5.19. The highest BCUT2D eigenvalue weighted by Crippen LogP contribution is 2.30. The molecule has 0 heterocycles. The molecule has 0 aromatic heterocycles. The number of ketones is 1. The van der Waals surface area contributed by atoms with Gasteiger partial charge in [0.15, 0.2) is 5.78 Å². The fraction of sp³-hybridized carbons (Fsp3) is 0.533. The number of benzene rings is 1. The van der Waals surface area contributed by atoms with Gasteiger partial charge in [-0.05, 0) is 25.7 Å². The molecule has 0 radical (unpaired) electrons. The van der Waals surface area contributed by atoms with E-state index in [1.165, 1.54) is 18.4 Å². The van der Waals surface area contributed by atoms with E-state index in [0.717, 1.165) is 24.3 Å². The third kappa shape index (κ3) is 2.52. The van der Waals surface area contributed by atoms with Gasteiger partial charge in [0.05, 0.1) is 0 Å². The van der Waals surface area contributed by atoms with Gasteiger partial charge in [0, 0.05) is 11.5 Å².